The smallest absolute Gasteiger partial charge is 0.282 e. The number of anilines is 1. The highest BCUT2D eigenvalue weighted by Crippen LogP contribution is 2.27. The molecule has 2 aromatic rings. The Labute approximate surface area is 128 Å². The molecule has 0 radical (unpaired) electrons. The lowest BCUT2D eigenvalue weighted by molar-refractivity contribution is 0.598. The number of benzene rings is 1. The zero-order valence-corrected chi connectivity index (χ0v) is 13.5. The minimum atomic E-state index is -3.83. The molecular weight excluding hydrogens is 377 g/mol. The molecule has 1 heterocycles. The molecule has 0 saturated heterocycles. The fraction of sp³-hybridized carbons (Fsp3) is 0.100. The van der Waals surface area contributed by atoms with Gasteiger partial charge in [0.1, 0.15) is 5.15 Å². The number of hydrogen-bond donors (Lipinski definition) is 1. The Bertz CT molecular complexity index is 730. The van der Waals surface area contributed by atoms with Crippen molar-refractivity contribution in [1.82, 2.24) is 9.55 Å². The second kappa shape index (κ2) is 5.32. The van der Waals surface area contributed by atoms with E-state index in [-0.39, 0.29) is 10.2 Å². The van der Waals surface area contributed by atoms with E-state index in [2.05, 4.69) is 25.6 Å². The highest BCUT2D eigenvalue weighted by atomic mass is 79.9. The molecule has 0 aliphatic heterocycles. The predicted molar refractivity (Wildman–Crippen MR) is 78.2 cm³/mol. The van der Waals surface area contributed by atoms with Crippen molar-refractivity contribution in [2.24, 2.45) is 7.05 Å². The second-order valence-corrected chi connectivity index (χ2v) is 6.90. The number of aryl methyl sites for hydroxylation is 1. The number of halogens is 3. The van der Waals surface area contributed by atoms with Crippen LogP contribution < -0.4 is 4.72 Å². The van der Waals surface area contributed by atoms with Gasteiger partial charge in [0.25, 0.3) is 10.0 Å². The fourth-order valence-electron chi connectivity index (χ4n) is 1.34. The average molecular weight is 385 g/mol. The fourth-order valence-corrected chi connectivity index (χ4v) is 3.32. The number of rotatable bonds is 3. The molecule has 0 aliphatic carbocycles. The summed E-state index contributed by atoms with van der Waals surface area (Å²) in [6.07, 6.45) is 1.33. The van der Waals surface area contributed by atoms with E-state index in [0.717, 1.165) is 0 Å². The van der Waals surface area contributed by atoms with E-state index in [4.69, 9.17) is 23.2 Å². The molecule has 5 nitrogen and oxygen atoms in total. The molecule has 0 aliphatic rings. The Morgan fingerprint density at radius 1 is 1.37 bits per heavy atom. The number of aromatic nitrogens is 2. The highest BCUT2D eigenvalue weighted by Gasteiger charge is 2.22. The summed E-state index contributed by atoms with van der Waals surface area (Å²) < 4.78 is 28.6. The third kappa shape index (κ3) is 3.05. The molecule has 0 atom stereocenters. The van der Waals surface area contributed by atoms with Crippen molar-refractivity contribution < 1.29 is 8.42 Å². The zero-order valence-electron chi connectivity index (χ0n) is 9.56. The monoisotopic (exact) mass is 383 g/mol. The molecule has 0 spiro atoms. The molecule has 19 heavy (non-hydrogen) atoms. The van der Waals surface area contributed by atoms with Gasteiger partial charge < -0.3 is 4.57 Å². The maximum atomic E-state index is 12.1. The molecule has 2 rings (SSSR count). The van der Waals surface area contributed by atoms with Crippen LogP contribution in [-0.4, -0.2) is 18.0 Å². The summed E-state index contributed by atoms with van der Waals surface area (Å²) in [5, 5.41) is 0.307. The Morgan fingerprint density at radius 3 is 2.58 bits per heavy atom. The lowest BCUT2D eigenvalue weighted by Crippen LogP contribution is -2.14. The lowest BCUT2D eigenvalue weighted by atomic mass is 10.3. The molecule has 102 valence electrons. The van der Waals surface area contributed by atoms with Crippen LogP contribution in [0.5, 0.6) is 0 Å². The predicted octanol–water partition coefficient (Wildman–Crippen LogP) is 3.29. The minimum Gasteiger partial charge on any atom is -0.324 e. The van der Waals surface area contributed by atoms with Crippen molar-refractivity contribution in [3.8, 4) is 0 Å². The third-order valence-corrected chi connectivity index (χ3v) is 5.34. The summed E-state index contributed by atoms with van der Waals surface area (Å²) in [7, 11) is -2.23. The number of sulfonamides is 1. The van der Waals surface area contributed by atoms with Crippen LogP contribution in [0, 0.1) is 0 Å². The molecule has 0 amide bonds. The van der Waals surface area contributed by atoms with Gasteiger partial charge in [0.15, 0.2) is 0 Å². The van der Waals surface area contributed by atoms with Crippen molar-refractivity contribution >= 4 is 54.8 Å². The van der Waals surface area contributed by atoms with E-state index in [1.165, 1.54) is 10.9 Å². The number of imidazole rings is 1. The Hall–Kier alpha value is -0.760. The number of hydrogen-bond acceptors (Lipinski definition) is 3. The molecule has 1 N–H and O–H groups in total. The van der Waals surface area contributed by atoms with Gasteiger partial charge in [0.2, 0.25) is 5.03 Å². The molecule has 0 unspecified atom stereocenters. The van der Waals surface area contributed by atoms with E-state index in [1.807, 2.05) is 0 Å². The van der Waals surface area contributed by atoms with Gasteiger partial charge in [0, 0.05) is 11.5 Å². The van der Waals surface area contributed by atoms with E-state index in [9.17, 15) is 8.42 Å². The minimum absolute atomic E-state index is 0.0422. The van der Waals surface area contributed by atoms with E-state index in [1.54, 1.807) is 25.2 Å². The molecule has 1 aromatic heterocycles. The molecule has 9 heteroatoms. The van der Waals surface area contributed by atoms with Gasteiger partial charge in [-0.25, -0.2) is 4.98 Å². The first-order chi connectivity index (χ1) is 8.81. The lowest BCUT2D eigenvalue weighted by Gasteiger charge is -2.07. The number of nitrogens with zero attached hydrogens (tertiary/aromatic N) is 2. The third-order valence-electron chi connectivity index (χ3n) is 2.26. The van der Waals surface area contributed by atoms with Gasteiger partial charge in [-0.1, -0.05) is 23.2 Å². The summed E-state index contributed by atoms with van der Waals surface area (Å²) in [6, 6.07) is 4.67. The topological polar surface area (TPSA) is 64.0 Å². The summed E-state index contributed by atoms with van der Waals surface area (Å²) in [5.41, 5.74) is 0.359. The van der Waals surface area contributed by atoms with Crippen LogP contribution in [0.3, 0.4) is 0 Å². The maximum Gasteiger partial charge on any atom is 0.282 e. The normalized spacial score (nSPS) is 11.6. The summed E-state index contributed by atoms with van der Waals surface area (Å²) in [5.74, 6) is 0. The van der Waals surface area contributed by atoms with Gasteiger partial charge in [-0.2, -0.15) is 8.42 Å². The maximum absolute atomic E-state index is 12.1. The molecule has 0 fully saturated rings. The average Bonchev–Trinajstić information content (AvgIpc) is 2.65. The largest absolute Gasteiger partial charge is 0.324 e. The summed E-state index contributed by atoms with van der Waals surface area (Å²) in [4.78, 5) is 3.77. The molecule has 0 saturated carbocycles. The molecule has 0 bridgehead atoms. The van der Waals surface area contributed by atoms with Gasteiger partial charge in [0.05, 0.1) is 17.0 Å². The van der Waals surface area contributed by atoms with Gasteiger partial charge >= 0.3 is 0 Å². The van der Waals surface area contributed by atoms with Crippen molar-refractivity contribution in [3.05, 3.63) is 39.2 Å². The Balaban J connectivity index is 2.36. The van der Waals surface area contributed by atoms with E-state index < -0.39 is 10.0 Å². The summed E-state index contributed by atoms with van der Waals surface area (Å²) in [6.45, 7) is 0. The first-order valence-corrected chi connectivity index (χ1v) is 7.99. The number of nitrogens with one attached hydrogen (secondary N) is 1. The van der Waals surface area contributed by atoms with Crippen molar-refractivity contribution in [1.29, 1.82) is 0 Å². The summed E-state index contributed by atoms with van der Waals surface area (Å²) >= 11 is 14.9. The Kier molecular flexibility index (Phi) is 4.10. The zero-order chi connectivity index (χ0) is 14.2. The van der Waals surface area contributed by atoms with Crippen molar-refractivity contribution in [2.75, 3.05) is 4.72 Å². The van der Waals surface area contributed by atoms with E-state index in [0.29, 0.717) is 15.2 Å². The molecule has 1 aromatic carbocycles. The first-order valence-electron chi connectivity index (χ1n) is 4.96. The van der Waals surface area contributed by atoms with Crippen LogP contribution in [0.15, 0.2) is 34.0 Å². The standard InChI is InChI=1S/C10H8BrCl2N3O2S/c1-16-5-14-10(9(16)13)19(17,18)15-6-2-3-8(12)7(11)4-6/h2-5,15H,1H3. The highest BCUT2D eigenvalue weighted by molar-refractivity contribution is 9.10. The van der Waals surface area contributed by atoms with E-state index >= 15 is 0 Å². The molecular formula is C10H8BrCl2N3O2S. The van der Waals surface area contributed by atoms with Crippen molar-refractivity contribution in [3.63, 3.8) is 0 Å². The van der Waals surface area contributed by atoms with Crippen LogP contribution >= 0.6 is 39.1 Å². The van der Waals surface area contributed by atoms with Crippen LogP contribution in [0.1, 0.15) is 0 Å². The van der Waals surface area contributed by atoms with Gasteiger partial charge in [-0.15, -0.1) is 0 Å². The van der Waals surface area contributed by atoms with Gasteiger partial charge in [-0.05, 0) is 34.1 Å². The van der Waals surface area contributed by atoms with Crippen LogP contribution in [0.4, 0.5) is 5.69 Å². The SMILES string of the molecule is Cn1cnc(S(=O)(=O)Nc2ccc(Cl)c(Br)c2)c1Cl. The quantitative estimate of drug-likeness (QED) is 0.882. The second-order valence-electron chi connectivity index (χ2n) is 3.69. The van der Waals surface area contributed by atoms with Crippen LogP contribution in [0.2, 0.25) is 10.2 Å². The Morgan fingerprint density at radius 2 is 2.05 bits per heavy atom. The van der Waals surface area contributed by atoms with Gasteiger partial charge in [-0.3, -0.25) is 4.72 Å². The van der Waals surface area contributed by atoms with Crippen LogP contribution in [0.25, 0.3) is 0 Å². The van der Waals surface area contributed by atoms with Crippen molar-refractivity contribution in [2.45, 2.75) is 5.03 Å². The first kappa shape index (κ1) is 14.6. The van der Waals surface area contributed by atoms with Crippen LogP contribution in [-0.2, 0) is 17.1 Å².